The second-order valence-electron chi connectivity index (χ2n) is 4.87. The van der Waals surface area contributed by atoms with Crippen LogP contribution in [0, 0.1) is 12.8 Å². The zero-order chi connectivity index (χ0) is 12.1. The first-order valence-corrected chi connectivity index (χ1v) is 7.55. The minimum atomic E-state index is 0.531. The largest absolute Gasteiger partial charge is 0.381 e. The predicted molar refractivity (Wildman–Crippen MR) is 73.6 cm³/mol. The van der Waals surface area contributed by atoms with Crippen LogP contribution in [0.5, 0.6) is 0 Å². The Labute approximate surface area is 108 Å². The molecule has 1 unspecified atom stereocenters. The van der Waals surface area contributed by atoms with Gasteiger partial charge >= 0.3 is 0 Å². The number of ether oxygens (including phenoxy) is 1. The molecule has 1 aromatic heterocycles. The standard InChI is InChI=1S/C14H23NOS/c1-3-6-15-14(12-4-7-16-8-5-12)13-9-11(2)17-10-13/h9-10,12,14-15H,3-8H2,1-2H3. The van der Waals surface area contributed by atoms with Gasteiger partial charge in [0, 0.05) is 24.1 Å². The molecule has 96 valence electrons. The molecule has 1 fully saturated rings. The predicted octanol–water partition coefficient (Wildman–Crippen LogP) is 3.52. The minimum absolute atomic E-state index is 0.531. The molecule has 1 aromatic rings. The molecule has 0 radical (unpaired) electrons. The van der Waals surface area contributed by atoms with Crippen molar-refractivity contribution >= 4 is 11.3 Å². The summed E-state index contributed by atoms with van der Waals surface area (Å²) in [7, 11) is 0. The SMILES string of the molecule is CCCNC(c1csc(C)c1)C1CCOCC1. The molecule has 0 bridgehead atoms. The smallest absolute Gasteiger partial charge is 0.0469 e. The molecule has 0 saturated carbocycles. The fraction of sp³-hybridized carbons (Fsp3) is 0.714. The van der Waals surface area contributed by atoms with Crippen molar-refractivity contribution in [3.8, 4) is 0 Å². The van der Waals surface area contributed by atoms with Crippen molar-refractivity contribution in [2.24, 2.45) is 5.92 Å². The quantitative estimate of drug-likeness (QED) is 0.867. The molecule has 1 saturated heterocycles. The van der Waals surface area contributed by atoms with Crippen LogP contribution in [0.1, 0.15) is 42.7 Å². The Hall–Kier alpha value is -0.380. The van der Waals surface area contributed by atoms with Gasteiger partial charge in [-0.15, -0.1) is 11.3 Å². The number of aryl methyl sites for hydroxylation is 1. The maximum absolute atomic E-state index is 5.47. The maximum Gasteiger partial charge on any atom is 0.0469 e. The van der Waals surface area contributed by atoms with Gasteiger partial charge in [-0.05, 0) is 55.7 Å². The van der Waals surface area contributed by atoms with Gasteiger partial charge in [0.2, 0.25) is 0 Å². The summed E-state index contributed by atoms with van der Waals surface area (Å²) in [6.45, 7) is 7.38. The molecule has 1 aliphatic rings. The van der Waals surface area contributed by atoms with Gasteiger partial charge in [-0.1, -0.05) is 6.92 Å². The molecule has 2 nitrogen and oxygen atoms in total. The monoisotopic (exact) mass is 253 g/mol. The normalized spacial score (nSPS) is 19.4. The van der Waals surface area contributed by atoms with E-state index in [9.17, 15) is 0 Å². The average molecular weight is 253 g/mol. The third-order valence-corrected chi connectivity index (χ3v) is 4.34. The van der Waals surface area contributed by atoms with E-state index in [1.807, 2.05) is 11.3 Å². The fourth-order valence-corrected chi connectivity index (χ4v) is 3.27. The molecule has 3 heteroatoms. The van der Waals surface area contributed by atoms with Gasteiger partial charge in [0.1, 0.15) is 0 Å². The third kappa shape index (κ3) is 3.54. The summed E-state index contributed by atoms with van der Waals surface area (Å²) >= 11 is 1.86. The Kier molecular flexibility index (Phi) is 5.01. The number of rotatable bonds is 5. The van der Waals surface area contributed by atoms with Crippen LogP contribution in [0.3, 0.4) is 0 Å². The lowest BCUT2D eigenvalue weighted by atomic mass is 9.88. The first-order chi connectivity index (χ1) is 8.31. The summed E-state index contributed by atoms with van der Waals surface area (Å²) in [4.78, 5) is 1.41. The van der Waals surface area contributed by atoms with Gasteiger partial charge in [0.15, 0.2) is 0 Å². The van der Waals surface area contributed by atoms with E-state index in [0.717, 1.165) is 25.7 Å². The second kappa shape index (κ2) is 6.53. The molecule has 2 heterocycles. The lowest BCUT2D eigenvalue weighted by molar-refractivity contribution is 0.0537. The van der Waals surface area contributed by atoms with Crippen molar-refractivity contribution in [2.45, 2.75) is 39.2 Å². The summed E-state index contributed by atoms with van der Waals surface area (Å²) < 4.78 is 5.47. The second-order valence-corrected chi connectivity index (χ2v) is 5.99. The van der Waals surface area contributed by atoms with Crippen molar-refractivity contribution < 1.29 is 4.74 Å². The highest BCUT2D eigenvalue weighted by Crippen LogP contribution is 2.32. The summed E-state index contributed by atoms with van der Waals surface area (Å²) in [5, 5.41) is 6.04. The van der Waals surface area contributed by atoms with Crippen LogP contribution in [0.4, 0.5) is 0 Å². The molecule has 1 atom stereocenters. The third-order valence-electron chi connectivity index (χ3n) is 3.46. The summed E-state index contributed by atoms with van der Waals surface area (Å²) in [6, 6.07) is 2.87. The van der Waals surface area contributed by atoms with Gasteiger partial charge in [-0.3, -0.25) is 0 Å². The Morgan fingerprint density at radius 1 is 1.47 bits per heavy atom. The molecular formula is C14H23NOS. The number of hydrogen-bond acceptors (Lipinski definition) is 3. The molecule has 0 spiro atoms. The van der Waals surface area contributed by atoms with E-state index in [4.69, 9.17) is 4.74 Å². The van der Waals surface area contributed by atoms with Crippen LogP contribution in [0.15, 0.2) is 11.4 Å². The number of nitrogens with one attached hydrogen (secondary N) is 1. The van der Waals surface area contributed by atoms with Gasteiger partial charge in [0.25, 0.3) is 0 Å². The van der Waals surface area contributed by atoms with E-state index in [-0.39, 0.29) is 0 Å². The lowest BCUT2D eigenvalue weighted by Gasteiger charge is -2.30. The van der Waals surface area contributed by atoms with Gasteiger partial charge in [-0.2, -0.15) is 0 Å². The average Bonchev–Trinajstić information content (AvgIpc) is 2.78. The molecule has 1 N–H and O–H groups in total. The first kappa shape index (κ1) is 13.1. The first-order valence-electron chi connectivity index (χ1n) is 6.67. The lowest BCUT2D eigenvalue weighted by Crippen LogP contribution is -2.32. The van der Waals surface area contributed by atoms with Crippen LogP contribution in [0.25, 0.3) is 0 Å². The van der Waals surface area contributed by atoms with Gasteiger partial charge < -0.3 is 10.1 Å². The Morgan fingerprint density at radius 3 is 2.82 bits per heavy atom. The fourth-order valence-electron chi connectivity index (χ4n) is 2.53. The highest BCUT2D eigenvalue weighted by atomic mass is 32.1. The summed E-state index contributed by atoms with van der Waals surface area (Å²) in [5.41, 5.74) is 1.48. The molecule has 1 aliphatic heterocycles. The van der Waals surface area contributed by atoms with Crippen LogP contribution in [0.2, 0.25) is 0 Å². The number of hydrogen-bond donors (Lipinski definition) is 1. The zero-order valence-electron chi connectivity index (χ0n) is 10.9. The van der Waals surface area contributed by atoms with Crippen molar-refractivity contribution in [2.75, 3.05) is 19.8 Å². The van der Waals surface area contributed by atoms with Crippen molar-refractivity contribution in [1.29, 1.82) is 0 Å². The van der Waals surface area contributed by atoms with E-state index in [2.05, 4.69) is 30.6 Å². The Bertz CT molecular complexity index is 331. The molecule has 0 aromatic carbocycles. The minimum Gasteiger partial charge on any atom is -0.381 e. The molecule has 17 heavy (non-hydrogen) atoms. The van der Waals surface area contributed by atoms with Gasteiger partial charge in [0.05, 0.1) is 0 Å². The molecule has 0 amide bonds. The van der Waals surface area contributed by atoms with E-state index < -0.39 is 0 Å². The maximum atomic E-state index is 5.47. The van der Waals surface area contributed by atoms with E-state index in [1.165, 1.54) is 29.7 Å². The van der Waals surface area contributed by atoms with Crippen molar-refractivity contribution in [3.05, 3.63) is 21.9 Å². The summed E-state index contributed by atoms with van der Waals surface area (Å²) in [5.74, 6) is 0.740. The highest BCUT2D eigenvalue weighted by Gasteiger charge is 2.25. The van der Waals surface area contributed by atoms with Gasteiger partial charge in [-0.25, -0.2) is 0 Å². The topological polar surface area (TPSA) is 21.3 Å². The van der Waals surface area contributed by atoms with Crippen LogP contribution in [-0.2, 0) is 4.74 Å². The van der Waals surface area contributed by atoms with Crippen LogP contribution < -0.4 is 5.32 Å². The number of thiophene rings is 1. The highest BCUT2D eigenvalue weighted by molar-refractivity contribution is 7.10. The van der Waals surface area contributed by atoms with Crippen LogP contribution in [-0.4, -0.2) is 19.8 Å². The van der Waals surface area contributed by atoms with Crippen LogP contribution >= 0.6 is 11.3 Å². The summed E-state index contributed by atoms with van der Waals surface area (Å²) in [6.07, 6.45) is 3.58. The zero-order valence-corrected chi connectivity index (χ0v) is 11.7. The van der Waals surface area contributed by atoms with Crippen molar-refractivity contribution in [3.63, 3.8) is 0 Å². The van der Waals surface area contributed by atoms with E-state index in [0.29, 0.717) is 6.04 Å². The van der Waals surface area contributed by atoms with E-state index in [1.54, 1.807) is 0 Å². The van der Waals surface area contributed by atoms with Crippen molar-refractivity contribution in [1.82, 2.24) is 5.32 Å². The molecular weight excluding hydrogens is 230 g/mol. The van der Waals surface area contributed by atoms with E-state index >= 15 is 0 Å². The Morgan fingerprint density at radius 2 is 2.24 bits per heavy atom. The molecule has 0 aliphatic carbocycles. The molecule has 2 rings (SSSR count). The Balaban J connectivity index is 2.06.